The number of carbonyl (C=O) groups is 2. The van der Waals surface area contributed by atoms with Crippen LogP contribution in [-0.4, -0.2) is 27.6 Å². The van der Waals surface area contributed by atoms with Gasteiger partial charge in [0.2, 0.25) is 5.91 Å². The van der Waals surface area contributed by atoms with E-state index in [1.807, 2.05) is 0 Å². The molecule has 1 aromatic heterocycles. The van der Waals surface area contributed by atoms with Crippen LogP contribution < -0.4 is 10.9 Å². The van der Waals surface area contributed by atoms with Crippen molar-refractivity contribution in [3.05, 3.63) is 34.2 Å². The van der Waals surface area contributed by atoms with Crippen molar-refractivity contribution in [1.29, 1.82) is 0 Å². The summed E-state index contributed by atoms with van der Waals surface area (Å²) in [6, 6.07) is 2.36. The number of hydrogen-bond acceptors (Lipinski definition) is 3. The molecule has 0 fully saturated rings. The first-order valence-corrected chi connectivity index (χ1v) is 6.81. The van der Waals surface area contributed by atoms with Crippen molar-refractivity contribution < 1.29 is 14.7 Å². The molecule has 0 radical (unpaired) electrons. The molecule has 0 aromatic carbocycles. The molecule has 0 spiro atoms. The Bertz CT molecular complexity index is 602. The Kier molecular flexibility index (Phi) is 4.93. The minimum atomic E-state index is -1.17. The van der Waals surface area contributed by atoms with Gasteiger partial charge in [-0.3, -0.25) is 9.59 Å². The van der Waals surface area contributed by atoms with Crippen molar-refractivity contribution in [1.82, 2.24) is 9.88 Å². The molecule has 116 valence electrons. The fraction of sp³-hybridized carbons (Fsp3) is 0.533. The van der Waals surface area contributed by atoms with E-state index >= 15 is 0 Å². The molecule has 0 saturated carbocycles. The zero-order chi connectivity index (χ0) is 16.4. The molecule has 1 amide bonds. The van der Waals surface area contributed by atoms with Crippen LogP contribution in [0.5, 0.6) is 0 Å². The van der Waals surface area contributed by atoms with Crippen LogP contribution in [-0.2, 0) is 15.1 Å². The molecule has 1 heterocycles. The number of rotatable bonds is 5. The third-order valence-corrected chi connectivity index (χ3v) is 3.51. The zero-order valence-electron chi connectivity index (χ0n) is 13.0. The van der Waals surface area contributed by atoms with E-state index in [2.05, 4.69) is 5.32 Å². The van der Waals surface area contributed by atoms with Gasteiger partial charge in [0, 0.05) is 11.8 Å². The second-order valence-electron chi connectivity index (χ2n) is 5.96. The average molecular weight is 294 g/mol. The van der Waals surface area contributed by atoms with Crippen molar-refractivity contribution in [2.24, 2.45) is 5.92 Å². The molecule has 21 heavy (non-hydrogen) atoms. The highest BCUT2D eigenvalue weighted by Crippen LogP contribution is 2.15. The van der Waals surface area contributed by atoms with E-state index in [-0.39, 0.29) is 11.5 Å². The van der Waals surface area contributed by atoms with Crippen molar-refractivity contribution in [3.63, 3.8) is 0 Å². The molecule has 6 heteroatoms. The van der Waals surface area contributed by atoms with Crippen molar-refractivity contribution in [2.75, 3.05) is 0 Å². The monoisotopic (exact) mass is 294 g/mol. The summed E-state index contributed by atoms with van der Waals surface area (Å²) in [4.78, 5) is 35.7. The van der Waals surface area contributed by atoms with Gasteiger partial charge in [-0.25, -0.2) is 4.79 Å². The molecule has 0 aliphatic heterocycles. The lowest BCUT2D eigenvalue weighted by Gasteiger charge is -2.29. The SMILES string of the molecule is Cc1cccn(C(C)(C)C(=O)NC(C(=O)O)C(C)C)c1=O. The Morgan fingerprint density at radius 1 is 1.33 bits per heavy atom. The summed E-state index contributed by atoms with van der Waals surface area (Å²) in [6.45, 7) is 8.27. The van der Waals surface area contributed by atoms with Gasteiger partial charge in [0.25, 0.3) is 5.56 Å². The first-order valence-electron chi connectivity index (χ1n) is 6.81. The lowest BCUT2D eigenvalue weighted by molar-refractivity contribution is -0.144. The van der Waals surface area contributed by atoms with E-state index in [9.17, 15) is 14.4 Å². The molecule has 0 aliphatic rings. The highest BCUT2D eigenvalue weighted by Gasteiger charge is 2.34. The van der Waals surface area contributed by atoms with Crippen LogP contribution in [0.25, 0.3) is 0 Å². The standard InChI is InChI=1S/C15H22N2O4/c1-9(2)11(13(19)20)16-14(21)15(4,5)17-8-6-7-10(3)12(17)18/h6-9,11H,1-5H3,(H,16,21)(H,19,20). The van der Waals surface area contributed by atoms with Crippen LogP contribution in [0, 0.1) is 12.8 Å². The van der Waals surface area contributed by atoms with Crippen LogP contribution in [0.1, 0.15) is 33.3 Å². The summed E-state index contributed by atoms with van der Waals surface area (Å²) in [5.74, 6) is -1.85. The Hall–Kier alpha value is -2.11. The van der Waals surface area contributed by atoms with Crippen LogP contribution in [0.3, 0.4) is 0 Å². The first-order chi connectivity index (χ1) is 9.59. The van der Waals surface area contributed by atoms with Crippen molar-refractivity contribution >= 4 is 11.9 Å². The number of carbonyl (C=O) groups excluding carboxylic acids is 1. The lowest BCUT2D eigenvalue weighted by atomic mass is 9.99. The van der Waals surface area contributed by atoms with Crippen molar-refractivity contribution in [2.45, 2.75) is 46.2 Å². The van der Waals surface area contributed by atoms with E-state index in [0.717, 1.165) is 0 Å². The largest absolute Gasteiger partial charge is 0.480 e. The van der Waals surface area contributed by atoms with E-state index in [4.69, 9.17) is 5.11 Å². The Morgan fingerprint density at radius 3 is 2.38 bits per heavy atom. The molecule has 6 nitrogen and oxygen atoms in total. The smallest absolute Gasteiger partial charge is 0.326 e. The Morgan fingerprint density at radius 2 is 1.90 bits per heavy atom. The molecule has 1 unspecified atom stereocenters. The van der Waals surface area contributed by atoms with Crippen LogP contribution >= 0.6 is 0 Å². The lowest BCUT2D eigenvalue weighted by Crippen LogP contribution is -2.54. The number of nitrogens with one attached hydrogen (secondary N) is 1. The molecule has 0 saturated heterocycles. The minimum absolute atomic E-state index is 0.253. The maximum Gasteiger partial charge on any atom is 0.326 e. The fourth-order valence-corrected chi connectivity index (χ4v) is 1.98. The predicted octanol–water partition coefficient (Wildman–Crippen LogP) is 1.12. The van der Waals surface area contributed by atoms with Gasteiger partial charge in [-0.1, -0.05) is 19.9 Å². The maximum atomic E-state index is 12.4. The molecule has 0 aliphatic carbocycles. The molecular formula is C15H22N2O4. The molecule has 1 rings (SSSR count). The number of aliphatic carboxylic acids is 1. The molecule has 2 N–H and O–H groups in total. The van der Waals surface area contributed by atoms with Gasteiger partial charge in [-0.2, -0.15) is 0 Å². The Labute approximate surface area is 123 Å². The van der Waals surface area contributed by atoms with E-state index in [0.29, 0.717) is 5.56 Å². The number of pyridine rings is 1. The molecule has 0 bridgehead atoms. The number of amides is 1. The summed E-state index contributed by atoms with van der Waals surface area (Å²) in [7, 11) is 0. The highest BCUT2D eigenvalue weighted by atomic mass is 16.4. The van der Waals surface area contributed by atoms with Crippen molar-refractivity contribution in [3.8, 4) is 0 Å². The van der Waals surface area contributed by atoms with Gasteiger partial charge in [0.05, 0.1) is 0 Å². The highest BCUT2D eigenvalue weighted by molar-refractivity contribution is 5.88. The second-order valence-corrected chi connectivity index (χ2v) is 5.96. The van der Waals surface area contributed by atoms with Crippen LogP contribution in [0.15, 0.2) is 23.1 Å². The Balaban J connectivity index is 3.12. The van der Waals surface area contributed by atoms with Gasteiger partial charge < -0.3 is 15.0 Å². The van der Waals surface area contributed by atoms with Gasteiger partial charge >= 0.3 is 5.97 Å². The van der Waals surface area contributed by atoms with Gasteiger partial charge in [-0.15, -0.1) is 0 Å². The normalized spacial score (nSPS) is 13.0. The predicted molar refractivity (Wildman–Crippen MR) is 79.2 cm³/mol. The maximum absolute atomic E-state index is 12.4. The third kappa shape index (κ3) is 3.51. The molecule has 1 atom stereocenters. The average Bonchev–Trinajstić information content (AvgIpc) is 2.37. The van der Waals surface area contributed by atoms with Crippen LogP contribution in [0.4, 0.5) is 0 Å². The summed E-state index contributed by atoms with van der Waals surface area (Å²) >= 11 is 0. The number of carboxylic acid groups (broad SMARTS) is 1. The van der Waals surface area contributed by atoms with Gasteiger partial charge in [-0.05, 0) is 32.8 Å². The summed E-state index contributed by atoms with van der Waals surface area (Å²) in [5.41, 5.74) is -0.919. The quantitative estimate of drug-likeness (QED) is 0.851. The third-order valence-electron chi connectivity index (χ3n) is 3.51. The molecule has 1 aromatic rings. The van der Waals surface area contributed by atoms with E-state index < -0.39 is 23.5 Å². The number of aryl methyl sites for hydroxylation is 1. The van der Waals surface area contributed by atoms with E-state index in [1.54, 1.807) is 46.8 Å². The van der Waals surface area contributed by atoms with E-state index in [1.165, 1.54) is 10.8 Å². The minimum Gasteiger partial charge on any atom is -0.480 e. The summed E-state index contributed by atoms with van der Waals surface area (Å²) < 4.78 is 1.32. The van der Waals surface area contributed by atoms with Crippen LogP contribution in [0.2, 0.25) is 0 Å². The second kappa shape index (κ2) is 6.11. The van der Waals surface area contributed by atoms with Gasteiger partial charge in [0.15, 0.2) is 0 Å². The summed E-state index contributed by atoms with van der Waals surface area (Å²) in [6.07, 6.45) is 1.53. The zero-order valence-corrected chi connectivity index (χ0v) is 13.0. The van der Waals surface area contributed by atoms with Gasteiger partial charge in [0.1, 0.15) is 11.6 Å². The topological polar surface area (TPSA) is 88.4 Å². The number of aromatic nitrogens is 1. The number of hydrogen-bond donors (Lipinski definition) is 2. The first kappa shape index (κ1) is 16.9. The summed E-state index contributed by atoms with van der Waals surface area (Å²) in [5, 5.41) is 11.6. The molecular weight excluding hydrogens is 272 g/mol. The number of nitrogens with zero attached hydrogens (tertiary/aromatic N) is 1. The fourth-order valence-electron chi connectivity index (χ4n) is 1.98. The number of carboxylic acids is 1.